The van der Waals surface area contributed by atoms with Gasteiger partial charge in [-0.2, -0.15) is 0 Å². The first-order valence-corrected chi connectivity index (χ1v) is 7.06. The van der Waals surface area contributed by atoms with Gasteiger partial charge in [0.15, 0.2) is 5.84 Å². The Hall–Kier alpha value is -2.14. The molecule has 3 N–H and O–H groups in total. The fourth-order valence-electron chi connectivity index (χ4n) is 1.80. The highest BCUT2D eigenvalue weighted by Gasteiger charge is 2.07. The molecule has 104 valence electrons. The molecule has 0 fully saturated rings. The fourth-order valence-corrected chi connectivity index (χ4v) is 2.75. The second kappa shape index (κ2) is 6.86. The van der Waals surface area contributed by atoms with Crippen molar-refractivity contribution >= 4 is 17.6 Å². The smallest absolute Gasteiger partial charge is 0.170 e. The maximum absolute atomic E-state index is 8.81. The van der Waals surface area contributed by atoms with Gasteiger partial charge in [0.1, 0.15) is 5.75 Å². The van der Waals surface area contributed by atoms with Crippen molar-refractivity contribution in [2.75, 3.05) is 7.11 Å². The maximum Gasteiger partial charge on any atom is 0.170 e. The van der Waals surface area contributed by atoms with Gasteiger partial charge in [-0.05, 0) is 23.8 Å². The molecule has 5 heteroatoms. The molecule has 0 aromatic heterocycles. The Morgan fingerprint density at radius 3 is 2.80 bits per heavy atom. The highest BCUT2D eigenvalue weighted by Crippen LogP contribution is 2.27. The molecule has 2 aromatic carbocycles. The number of nitrogens with two attached hydrogens (primary N) is 1. The minimum absolute atomic E-state index is 0.131. The van der Waals surface area contributed by atoms with Crippen LogP contribution in [0.5, 0.6) is 5.75 Å². The Morgan fingerprint density at radius 2 is 2.05 bits per heavy atom. The van der Waals surface area contributed by atoms with Crippen molar-refractivity contribution in [3.8, 4) is 5.75 Å². The summed E-state index contributed by atoms with van der Waals surface area (Å²) in [5.41, 5.74) is 7.46. The molecule has 0 bridgehead atoms. The first-order valence-electron chi connectivity index (χ1n) is 6.07. The van der Waals surface area contributed by atoms with E-state index < -0.39 is 0 Å². The lowest BCUT2D eigenvalue weighted by molar-refractivity contribution is 0.318. The number of hydrogen-bond donors (Lipinski definition) is 2. The van der Waals surface area contributed by atoms with E-state index in [-0.39, 0.29) is 5.84 Å². The fraction of sp³-hybridized carbons (Fsp3) is 0.133. The molecule has 0 heterocycles. The number of methoxy groups -OCH3 is 1. The van der Waals surface area contributed by atoms with E-state index in [0.29, 0.717) is 0 Å². The summed E-state index contributed by atoms with van der Waals surface area (Å²) < 4.78 is 5.20. The SMILES string of the molecule is COc1cccc(SCc2ccccc2/C(N)=N/O)c1. The minimum atomic E-state index is 0.131. The quantitative estimate of drug-likeness (QED) is 0.292. The van der Waals surface area contributed by atoms with Gasteiger partial charge in [-0.15, -0.1) is 11.8 Å². The number of nitrogens with zero attached hydrogens (tertiary/aromatic N) is 1. The number of thioether (sulfide) groups is 1. The van der Waals surface area contributed by atoms with E-state index >= 15 is 0 Å². The molecule has 0 saturated heterocycles. The van der Waals surface area contributed by atoms with Crippen LogP contribution in [0.15, 0.2) is 58.6 Å². The minimum Gasteiger partial charge on any atom is -0.497 e. The second-order valence-electron chi connectivity index (χ2n) is 4.11. The summed E-state index contributed by atoms with van der Waals surface area (Å²) in [7, 11) is 1.65. The van der Waals surface area contributed by atoms with Crippen molar-refractivity contribution in [2.24, 2.45) is 10.9 Å². The van der Waals surface area contributed by atoms with Gasteiger partial charge < -0.3 is 15.7 Å². The van der Waals surface area contributed by atoms with Gasteiger partial charge in [0, 0.05) is 16.2 Å². The van der Waals surface area contributed by atoms with Gasteiger partial charge in [-0.25, -0.2) is 0 Å². The van der Waals surface area contributed by atoms with Crippen LogP contribution in [-0.4, -0.2) is 18.2 Å². The van der Waals surface area contributed by atoms with E-state index in [4.69, 9.17) is 15.7 Å². The molecule has 0 aliphatic heterocycles. The predicted octanol–water partition coefficient (Wildman–Crippen LogP) is 3.08. The van der Waals surface area contributed by atoms with Gasteiger partial charge in [-0.3, -0.25) is 0 Å². The largest absolute Gasteiger partial charge is 0.497 e. The molecule has 0 aliphatic rings. The average molecular weight is 288 g/mol. The van der Waals surface area contributed by atoms with Crippen LogP contribution in [0.25, 0.3) is 0 Å². The molecule has 20 heavy (non-hydrogen) atoms. The Labute approximate surface area is 122 Å². The normalized spacial score (nSPS) is 11.3. The third-order valence-corrected chi connectivity index (χ3v) is 3.88. The first-order chi connectivity index (χ1) is 9.74. The van der Waals surface area contributed by atoms with Crippen LogP contribution in [0.1, 0.15) is 11.1 Å². The molecule has 4 nitrogen and oxygen atoms in total. The third-order valence-electron chi connectivity index (χ3n) is 2.84. The van der Waals surface area contributed by atoms with Crippen LogP contribution in [0, 0.1) is 0 Å². The molecule has 2 aromatic rings. The van der Waals surface area contributed by atoms with Crippen LogP contribution < -0.4 is 10.5 Å². The first kappa shape index (κ1) is 14.3. The molecular formula is C15H16N2O2S. The van der Waals surface area contributed by atoms with Crippen molar-refractivity contribution in [3.63, 3.8) is 0 Å². The van der Waals surface area contributed by atoms with Crippen molar-refractivity contribution in [1.82, 2.24) is 0 Å². The zero-order valence-electron chi connectivity index (χ0n) is 11.1. The molecule has 0 spiro atoms. The van der Waals surface area contributed by atoms with Crippen LogP contribution in [0.3, 0.4) is 0 Å². The number of ether oxygens (including phenoxy) is 1. The lowest BCUT2D eigenvalue weighted by Gasteiger charge is -2.08. The number of amidine groups is 1. The van der Waals surface area contributed by atoms with E-state index in [1.54, 1.807) is 18.9 Å². The number of hydrogen-bond acceptors (Lipinski definition) is 4. The third kappa shape index (κ3) is 3.45. The Balaban J connectivity index is 2.14. The van der Waals surface area contributed by atoms with Crippen molar-refractivity contribution in [1.29, 1.82) is 0 Å². The maximum atomic E-state index is 8.81. The number of rotatable bonds is 5. The average Bonchev–Trinajstić information content (AvgIpc) is 2.52. The van der Waals surface area contributed by atoms with Gasteiger partial charge in [0.05, 0.1) is 7.11 Å². The topological polar surface area (TPSA) is 67.8 Å². The van der Waals surface area contributed by atoms with Gasteiger partial charge in [0.2, 0.25) is 0 Å². The molecule has 0 radical (unpaired) electrons. The molecule has 0 aliphatic carbocycles. The standard InChI is InChI=1S/C15H16N2O2S/c1-19-12-6-4-7-13(9-12)20-10-11-5-2-3-8-14(11)15(16)17-18/h2-9,18H,10H2,1H3,(H2,16,17). The molecule has 0 amide bonds. The summed E-state index contributed by atoms with van der Waals surface area (Å²) in [6.07, 6.45) is 0. The summed E-state index contributed by atoms with van der Waals surface area (Å²) >= 11 is 1.67. The van der Waals surface area contributed by atoms with Gasteiger partial charge in [0.25, 0.3) is 0 Å². The monoisotopic (exact) mass is 288 g/mol. The van der Waals surface area contributed by atoms with E-state index in [1.165, 1.54) is 0 Å². The van der Waals surface area contributed by atoms with E-state index in [0.717, 1.165) is 27.5 Å². The summed E-state index contributed by atoms with van der Waals surface area (Å²) in [5.74, 6) is 1.70. The van der Waals surface area contributed by atoms with Crippen molar-refractivity contribution in [3.05, 3.63) is 59.7 Å². The highest BCUT2D eigenvalue weighted by atomic mass is 32.2. The van der Waals surface area contributed by atoms with Gasteiger partial charge >= 0.3 is 0 Å². The summed E-state index contributed by atoms with van der Waals surface area (Å²) in [5, 5.41) is 11.9. The van der Waals surface area contributed by atoms with Crippen LogP contribution in [-0.2, 0) is 5.75 Å². The Kier molecular flexibility index (Phi) is 4.90. The Bertz CT molecular complexity index is 614. The molecule has 0 saturated carbocycles. The second-order valence-corrected chi connectivity index (χ2v) is 5.16. The van der Waals surface area contributed by atoms with E-state index in [9.17, 15) is 0 Å². The zero-order valence-corrected chi connectivity index (χ0v) is 11.9. The zero-order chi connectivity index (χ0) is 14.4. The predicted molar refractivity (Wildman–Crippen MR) is 81.5 cm³/mol. The molecular weight excluding hydrogens is 272 g/mol. The number of oxime groups is 1. The molecule has 0 unspecified atom stereocenters. The van der Waals surface area contributed by atoms with Crippen LogP contribution in [0.2, 0.25) is 0 Å². The lowest BCUT2D eigenvalue weighted by Crippen LogP contribution is -2.15. The van der Waals surface area contributed by atoms with Crippen LogP contribution in [0.4, 0.5) is 0 Å². The summed E-state index contributed by atoms with van der Waals surface area (Å²) in [4.78, 5) is 1.11. The van der Waals surface area contributed by atoms with Crippen molar-refractivity contribution in [2.45, 2.75) is 10.6 Å². The number of benzene rings is 2. The molecule has 0 atom stereocenters. The summed E-state index contributed by atoms with van der Waals surface area (Å²) in [6.45, 7) is 0. The molecule has 2 rings (SSSR count). The van der Waals surface area contributed by atoms with E-state index in [2.05, 4.69) is 5.16 Å². The van der Waals surface area contributed by atoms with Crippen molar-refractivity contribution < 1.29 is 9.94 Å². The highest BCUT2D eigenvalue weighted by molar-refractivity contribution is 7.98. The van der Waals surface area contributed by atoms with E-state index in [1.807, 2.05) is 48.5 Å². The Morgan fingerprint density at radius 1 is 1.25 bits per heavy atom. The lowest BCUT2D eigenvalue weighted by atomic mass is 10.1. The van der Waals surface area contributed by atoms with Crippen LogP contribution >= 0.6 is 11.8 Å². The summed E-state index contributed by atoms with van der Waals surface area (Å²) in [6, 6.07) is 15.5. The van der Waals surface area contributed by atoms with Gasteiger partial charge in [-0.1, -0.05) is 35.5 Å².